The third-order valence-electron chi connectivity index (χ3n) is 1.69. The summed E-state index contributed by atoms with van der Waals surface area (Å²) < 4.78 is 18.6. The van der Waals surface area contributed by atoms with Gasteiger partial charge in [0, 0.05) is 0 Å². The molecule has 0 unspecified atom stereocenters. The van der Waals surface area contributed by atoms with Crippen molar-refractivity contribution in [2.75, 3.05) is 0 Å². The molecule has 1 aromatic carbocycles. The molecule has 0 amide bonds. The van der Waals surface area contributed by atoms with Crippen LogP contribution in [0.5, 0.6) is 5.75 Å². The molecule has 3 heteroatoms. The first-order valence-corrected chi connectivity index (χ1v) is 4.48. The second kappa shape index (κ2) is 4.22. The molecule has 0 N–H and O–H groups in total. The molecule has 0 atom stereocenters. The summed E-state index contributed by atoms with van der Waals surface area (Å²) in [6.45, 7) is 4.98. The molecule has 0 fully saturated rings. The molecule has 0 aliphatic rings. The largest absolute Gasteiger partial charge is 0.490 e. The number of carbonyl (C=O) groups is 1. The SMILES string of the molecule is CC(=O)c1c(F)cccc1OC(C)C. The monoisotopic (exact) mass is 196 g/mol. The molecule has 0 aliphatic heterocycles. The van der Waals surface area contributed by atoms with Crippen molar-refractivity contribution in [3.63, 3.8) is 0 Å². The average Bonchev–Trinajstić information content (AvgIpc) is 2.01. The van der Waals surface area contributed by atoms with Crippen molar-refractivity contribution in [1.29, 1.82) is 0 Å². The van der Waals surface area contributed by atoms with Crippen LogP contribution in [0.2, 0.25) is 0 Å². The predicted molar refractivity (Wildman–Crippen MR) is 52.2 cm³/mol. The minimum atomic E-state index is -0.532. The van der Waals surface area contributed by atoms with E-state index >= 15 is 0 Å². The van der Waals surface area contributed by atoms with E-state index in [1.165, 1.54) is 19.1 Å². The molecule has 0 radical (unpaired) electrons. The standard InChI is InChI=1S/C11H13FO2/c1-7(2)14-10-6-4-5-9(12)11(10)8(3)13/h4-7H,1-3H3. The van der Waals surface area contributed by atoms with Crippen LogP contribution in [0.3, 0.4) is 0 Å². The molecule has 14 heavy (non-hydrogen) atoms. The van der Waals surface area contributed by atoms with Crippen molar-refractivity contribution in [1.82, 2.24) is 0 Å². The minimum absolute atomic E-state index is 0.0289. The number of Topliss-reactive ketones (excluding diaryl/α,β-unsaturated/α-hetero) is 1. The van der Waals surface area contributed by atoms with Gasteiger partial charge in [-0.25, -0.2) is 4.39 Å². The first-order valence-electron chi connectivity index (χ1n) is 4.48. The fraction of sp³-hybridized carbons (Fsp3) is 0.364. The highest BCUT2D eigenvalue weighted by Gasteiger charge is 2.14. The normalized spacial score (nSPS) is 10.4. The van der Waals surface area contributed by atoms with Crippen LogP contribution in [0, 0.1) is 5.82 Å². The van der Waals surface area contributed by atoms with Crippen LogP contribution in [0.15, 0.2) is 18.2 Å². The molecule has 2 nitrogen and oxygen atoms in total. The Morgan fingerprint density at radius 2 is 2.07 bits per heavy atom. The highest BCUT2D eigenvalue weighted by molar-refractivity contribution is 5.97. The summed E-state index contributed by atoms with van der Waals surface area (Å²) >= 11 is 0. The Balaban J connectivity index is 3.14. The topological polar surface area (TPSA) is 26.3 Å². The molecule has 0 aliphatic carbocycles. The predicted octanol–water partition coefficient (Wildman–Crippen LogP) is 2.82. The Morgan fingerprint density at radius 3 is 2.57 bits per heavy atom. The molecule has 76 valence electrons. The summed E-state index contributed by atoms with van der Waals surface area (Å²) in [7, 11) is 0. The van der Waals surface area contributed by atoms with Crippen molar-refractivity contribution in [3.05, 3.63) is 29.6 Å². The Bertz CT molecular complexity index is 345. The maximum Gasteiger partial charge on any atom is 0.166 e. The van der Waals surface area contributed by atoms with E-state index in [4.69, 9.17) is 4.74 Å². The van der Waals surface area contributed by atoms with Gasteiger partial charge in [0.1, 0.15) is 11.6 Å². The smallest absolute Gasteiger partial charge is 0.166 e. The van der Waals surface area contributed by atoms with Gasteiger partial charge in [0.15, 0.2) is 5.78 Å². The van der Waals surface area contributed by atoms with E-state index in [1.54, 1.807) is 6.07 Å². The average molecular weight is 196 g/mol. The summed E-state index contributed by atoms with van der Waals surface area (Å²) in [4.78, 5) is 11.1. The quantitative estimate of drug-likeness (QED) is 0.695. The van der Waals surface area contributed by atoms with Gasteiger partial charge in [0.2, 0.25) is 0 Å². The lowest BCUT2D eigenvalue weighted by Gasteiger charge is -2.12. The molecule has 0 bridgehead atoms. The van der Waals surface area contributed by atoms with Crippen LogP contribution < -0.4 is 4.74 Å². The third-order valence-corrected chi connectivity index (χ3v) is 1.69. The van der Waals surface area contributed by atoms with Gasteiger partial charge < -0.3 is 4.74 Å². The number of rotatable bonds is 3. The van der Waals surface area contributed by atoms with Crippen LogP contribution in [0.4, 0.5) is 4.39 Å². The second-order valence-electron chi connectivity index (χ2n) is 3.34. The van der Waals surface area contributed by atoms with E-state index in [-0.39, 0.29) is 17.5 Å². The summed E-state index contributed by atoms with van der Waals surface area (Å²) in [6, 6.07) is 4.38. The maximum absolute atomic E-state index is 13.3. The van der Waals surface area contributed by atoms with Gasteiger partial charge in [-0.1, -0.05) is 6.07 Å². The van der Waals surface area contributed by atoms with E-state index in [0.717, 1.165) is 0 Å². The van der Waals surface area contributed by atoms with Crippen LogP contribution in [-0.4, -0.2) is 11.9 Å². The fourth-order valence-corrected chi connectivity index (χ4v) is 1.20. The van der Waals surface area contributed by atoms with Crippen LogP contribution in [0.1, 0.15) is 31.1 Å². The summed E-state index contributed by atoms with van der Waals surface area (Å²) in [5, 5.41) is 0. The number of benzene rings is 1. The third kappa shape index (κ3) is 2.31. The van der Waals surface area contributed by atoms with Crippen molar-refractivity contribution < 1.29 is 13.9 Å². The van der Waals surface area contributed by atoms with E-state index in [9.17, 15) is 9.18 Å². The van der Waals surface area contributed by atoms with Gasteiger partial charge >= 0.3 is 0 Å². The van der Waals surface area contributed by atoms with Gasteiger partial charge in [-0.15, -0.1) is 0 Å². The van der Waals surface area contributed by atoms with Gasteiger partial charge in [0.25, 0.3) is 0 Å². The first kappa shape index (κ1) is 10.7. The van der Waals surface area contributed by atoms with Crippen LogP contribution >= 0.6 is 0 Å². The second-order valence-corrected chi connectivity index (χ2v) is 3.34. The van der Waals surface area contributed by atoms with E-state index in [0.29, 0.717) is 5.75 Å². The Morgan fingerprint density at radius 1 is 1.43 bits per heavy atom. The molecule has 1 rings (SSSR count). The molecule has 0 heterocycles. The van der Waals surface area contributed by atoms with Crippen LogP contribution in [0.25, 0.3) is 0 Å². The lowest BCUT2D eigenvalue weighted by Crippen LogP contribution is -2.10. The molecular formula is C11H13FO2. The number of carbonyl (C=O) groups excluding carboxylic acids is 1. The number of ether oxygens (including phenoxy) is 1. The number of hydrogen-bond donors (Lipinski definition) is 0. The highest BCUT2D eigenvalue weighted by Crippen LogP contribution is 2.22. The molecule has 0 aromatic heterocycles. The van der Waals surface area contributed by atoms with Crippen molar-refractivity contribution in [3.8, 4) is 5.75 Å². The number of halogens is 1. The summed E-state index contributed by atoms with van der Waals surface area (Å²) in [5.74, 6) is -0.540. The molecule has 1 aromatic rings. The van der Waals surface area contributed by atoms with Gasteiger partial charge in [-0.2, -0.15) is 0 Å². The zero-order valence-electron chi connectivity index (χ0n) is 8.50. The first-order chi connectivity index (χ1) is 6.52. The Kier molecular flexibility index (Phi) is 3.23. The molecular weight excluding hydrogens is 183 g/mol. The number of hydrogen-bond acceptors (Lipinski definition) is 2. The number of ketones is 1. The zero-order chi connectivity index (χ0) is 10.7. The van der Waals surface area contributed by atoms with Gasteiger partial charge in [-0.05, 0) is 32.9 Å². The molecule has 0 spiro atoms. The van der Waals surface area contributed by atoms with E-state index in [1.807, 2.05) is 13.8 Å². The lowest BCUT2D eigenvalue weighted by atomic mass is 10.1. The zero-order valence-corrected chi connectivity index (χ0v) is 8.50. The van der Waals surface area contributed by atoms with Crippen LogP contribution in [-0.2, 0) is 0 Å². The van der Waals surface area contributed by atoms with Gasteiger partial charge in [0.05, 0.1) is 11.7 Å². The Labute approximate surface area is 82.7 Å². The summed E-state index contributed by atoms with van der Waals surface area (Å²) in [5.41, 5.74) is 0.0289. The summed E-state index contributed by atoms with van der Waals surface area (Å²) in [6.07, 6.45) is -0.0742. The Hall–Kier alpha value is -1.38. The maximum atomic E-state index is 13.3. The van der Waals surface area contributed by atoms with E-state index in [2.05, 4.69) is 0 Å². The van der Waals surface area contributed by atoms with Crippen molar-refractivity contribution in [2.45, 2.75) is 26.9 Å². The lowest BCUT2D eigenvalue weighted by molar-refractivity contribution is 0.100. The molecule has 0 saturated heterocycles. The minimum Gasteiger partial charge on any atom is -0.490 e. The van der Waals surface area contributed by atoms with Crippen molar-refractivity contribution in [2.24, 2.45) is 0 Å². The van der Waals surface area contributed by atoms with Gasteiger partial charge in [-0.3, -0.25) is 4.79 Å². The van der Waals surface area contributed by atoms with E-state index < -0.39 is 5.82 Å². The highest BCUT2D eigenvalue weighted by atomic mass is 19.1. The van der Waals surface area contributed by atoms with Crippen molar-refractivity contribution >= 4 is 5.78 Å². The fourth-order valence-electron chi connectivity index (χ4n) is 1.20. The molecule has 0 saturated carbocycles.